The maximum Gasteiger partial charge on any atom is 0.0598 e. The van der Waals surface area contributed by atoms with Crippen molar-refractivity contribution < 1.29 is 4.74 Å². The second-order valence-electron chi connectivity index (χ2n) is 8.03. The minimum atomic E-state index is 0.0205. The molecule has 0 radical (unpaired) electrons. The third-order valence-electron chi connectivity index (χ3n) is 4.97. The third kappa shape index (κ3) is 3.27. The fraction of sp³-hybridized carbons (Fsp3) is 1.00. The van der Waals surface area contributed by atoms with Crippen molar-refractivity contribution in [3.05, 3.63) is 0 Å². The molecule has 2 atom stereocenters. The minimum Gasteiger partial charge on any atom is -0.376 e. The highest BCUT2D eigenvalue weighted by Crippen LogP contribution is 2.61. The maximum absolute atomic E-state index is 5.96. The zero-order chi connectivity index (χ0) is 12.8. The molecule has 2 unspecified atom stereocenters. The molecule has 0 aliphatic heterocycles. The molecule has 1 N–H and O–H groups in total. The van der Waals surface area contributed by atoms with E-state index < -0.39 is 0 Å². The Labute approximate surface area is 112 Å². The van der Waals surface area contributed by atoms with Gasteiger partial charge in [-0.3, -0.25) is 0 Å². The largest absolute Gasteiger partial charge is 0.376 e. The normalized spacial score (nSPS) is 38.8. The fourth-order valence-electron chi connectivity index (χ4n) is 3.66. The van der Waals surface area contributed by atoms with Crippen molar-refractivity contribution in [3.8, 4) is 0 Å². The van der Waals surface area contributed by atoms with E-state index in [2.05, 4.69) is 26.1 Å². The Kier molecular flexibility index (Phi) is 3.22. The molecule has 3 rings (SSSR count). The quantitative estimate of drug-likeness (QED) is 0.781. The molecule has 0 spiro atoms. The predicted octanol–water partition coefficient (Wildman–Crippen LogP) is 3.36. The van der Waals surface area contributed by atoms with Gasteiger partial charge in [-0.25, -0.2) is 0 Å². The number of ether oxygens (including phenoxy) is 1. The molecule has 2 heteroatoms. The fourth-order valence-corrected chi connectivity index (χ4v) is 3.66. The van der Waals surface area contributed by atoms with Gasteiger partial charge in [-0.1, -0.05) is 0 Å². The van der Waals surface area contributed by atoms with E-state index in [1.807, 2.05) is 0 Å². The topological polar surface area (TPSA) is 21.3 Å². The lowest BCUT2D eigenvalue weighted by Gasteiger charge is -2.33. The highest BCUT2D eigenvalue weighted by molar-refractivity contribution is 5.04. The van der Waals surface area contributed by atoms with Gasteiger partial charge in [0.25, 0.3) is 0 Å². The second kappa shape index (κ2) is 4.49. The van der Waals surface area contributed by atoms with Gasteiger partial charge in [0.15, 0.2) is 0 Å². The van der Waals surface area contributed by atoms with E-state index in [4.69, 9.17) is 4.74 Å². The van der Waals surface area contributed by atoms with Gasteiger partial charge in [0, 0.05) is 19.2 Å². The lowest BCUT2D eigenvalue weighted by molar-refractivity contribution is -0.0197. The molecule has 3 aliphatic rings. The summed E-state index contributed by atoms with van der Waals surface area (Å²) in [6, 6.07) is 0.849. The van der Waals surface area contributed by atoms with Gasteiger partial charge in [0.05, 0.1) is 5.60 Å². The summed E-state index contributed by atoms with van der Waals surface area (Å²) in [7, 11) is 0. The number of nitrogens with one attached hydrogen (secondary N) is 1. The van der Waals surface area contributed by atoms with Crippen LogP contribution in [0.3, 0.4) is 0 Å². The summed E-state index contributed by atoms with van der Waals surface area (Å²) >= 11 is 0. The zero-order valence-corrected chi connectivity index (χ0v) is 12.3. The van der Waals surface area contributed by atoms with E-state index in [1.165, 1.54) is 45.1 Å². The maximum atomic E-state index is 5.96. The molecule has 3 fully saturated rings. The first-order valence-electron chi connectivity index (χ1n) is 7.83. The van der Waals surface area contributed by atoms with Gasteiger partial charge in [-0.05, 0) is 76.5 Å². The number of rotatable bonds is 6. The van der Waals surface area contributed by atoms with Crippen LogP contribution in [0, 0.1) is 17.3 Å². The second-order valence-corrected chi connectivity index (χ2v) is 8.03. The first kappa shape index (κ1) is 12.9. The predicted molar refractivity (Wildman–Crippen MR) is 74.6 cm³/mol. The molecule has 18 heavy (non-hydrogen) atoms. The first-order chi connectivity index (χ1) is 8.46. The molecule has 0 amide bonds. The van der Waals surface area contributed by atoms with Crippen LogP contribution in [0.25, 0.3) is 0 Å². The van der Waals surface area contributed by atoms with Crippen LogP contribution in [0.15, 0.2) is 0 Å². The van der Waals surface area contributed by atoms with Gasteiger partial charge in [0.1, 0.15) is 0 Å². The molecule has 0 heterocycles. The number of hydrogen-bond acceptors (Lipinski definition) is 2. The Morgan fingerprint density at radius 2 is 1.83 bits per heavy atom. The number of hydrogen-bond donors (Lipinski definition) is 1. The SMILES string of the molecule is CC(C)(C)OCCC1(CNC2CC2)CC2CC2C1. The van der Waals surface area contributed by atoms with Crippen LogP contribution in [0.5, 0.6) is 0 Å². The Morgan fingerprint density at radius 3 is 2.39 bits per heavy atom. The Bertz CT molecular complexity index is 293. The van der Waals surface area contributed by atoms with E-state index in [-0.39, 0.29) is 5.60 Å². The number of fused-ring (bicyclic) bond motifs is 1. The Morgan fingerprint density at radius 1 is 1.17 bits per heavy atom. The average molecular weight is 251 g/mol. The van der Waals surface area contributed by atoms with Gasteiger partial charge in [0.2, 0.25) is 0 Å². The van der Waals surface area contributed by atoms with E-state index in [1.54, 1.807) is 0 Å². The van der Waals surface area contributed by atoms with Crippen molar-refractivity contribution in [2.24, 2.45) is 17.3 Å². The van der Waals surface area contributed by atoms with Gasteiger partial charge in [-0.15, -0.1) is 0 Å². The molecule has 0 aromatic heterocycles. The molecule has 3 saturated carbocycles. The van der Waals surface area contributed by atoms with Crippen molar-refractivity contribution in [1.29, 1.82) is 0 Å². The van der Waals surface area contributed by atoms with Crippen molar-refractivity contribution in [2.45, 2.75) is 70.9 Å². The summed E-state index contributed by atoms with van der Waals surface area (Å²) in [6.45, 7) is 8.67. The van der Waals surface area contributed by atoms with Crippen LogP contribution < -0.4 is 5.32 Å². The summed E-state index contributed by atoms with van der Waals surface area (Å²) in [4.78, 5) is 0. The van der Waals surface area contributed by atoms with Crippen molar-refractivity contribution >= 4 is 0 Å². The summed E-state index contributed by atoms with van der Waals surface area (Å²) in [5.74, 6) is 2.14. The van der Waals surface area contributed by atoms with Crippen LogP contribution >= 0.6 is 0 Å². The molecule has 0 saturated heterocycles. The van der Waals surface area contributed by atoms with Crippen LogP contribution in [0.1, 0.15) is 59.3 Å². The van der Waals surface area contributed by atoms with Crippen molar-refractivity contribution in [3.63, 3.8) is 0 Å². The van der Waals surface area contributed by atoms with Crippen LogP contribution in [-0.4, -0.2) is 24.8 Å². The lowest BCUT2D eigenvalue weighted by Crippen LogP contribution is -2.36. The molecular weight excluding hydrogens is 222 g/mol. The summed E-state index contributed by atoms with van der Waals surface area (Å²) in [6.07, 6.45) is 8.51. The zero-order valence-electron chi connectivity index (χ0n) is 12.3. The van der Waals surface area contributed by atoms with Crippen LogP contribution in [0.2, 0.25) is 0 Å². The molecule has 0 aromatic carbocycles. The smallest absolute Gasteiger partial charge is 0.0598 e. The van der Waals surface area contributed by atoms with E-state index in [9.17, 15) is 0 Å². The summed E-state index contributed by atoms with van der Waals surface area (Å²) < 4.78 is 5.96. The molecule has 104 valence electrons. The van der Waals surface area contributed by atoms with Gasteiger partial charge < -0.3 is 10.1 Å². The summed E-state index contributed by atoms with van der Waals surface area (Å²) in [5, 5.41) is 3.77. The average Bonchev–Trinajstić information content (AvgIpc) is 3.15. The van der Waals surface area contributed by atoms with Crippen molar-refractivity contribution in [1.82, 2.24) is 5.32 Å². The Balaban J connectivity index is 1.49. The lowest BCUT2D eigenvalue weighted by atomic mass is 9.80. The molecule has 2 nitrogen and oxygen atoms in total. The molecule has 0 aromatic rings. The molecular formula is C16H29NO. The van der Waals surface area contributed by atoms with Crippen LogP contribution in [-0.2, 0) is 4.74 Å². The molecule has 3 aliphatic carbocycles. The minimum absolute atomic E-state index is 0.0205. The van der Waals surface area contributed by atoms with Gasteiger partial charge in [-0.2, -0.15) is 0 Å². The van der Waals surface area contributed by atoms with E-state index >= 15 is 0 Å². The first-order valence-corrected chi connectivity index (χ1v) is 7.83. The van der Waals surface area contributed by atoms with Crippen LogP contribution in [0.4, 0.5) is 0 Å². The van der Waals surface area contributed by atoms with Crippen molar-refractivity contribution in [2.75, 3.05) is 13.2 Å². The molecule has 0 bridgehead atoms. The van der Waals surface area contributed by atoms with E-state index in [0.29, 0.717) is 5.41 Å². The van der Waals surface area contributed by atoms with Gasteiger partial charge >= 0.3 is 0 Å². The highest BCUT2D eigenvalue weighted by atomic mass is 16.5. The highest BCUT2D eigenvalue weighted by Gasteiger charge is 2.53. The summed E-state index contributed by atoms with van der Waals surface area (Å²) in [5.41, 5.74) is 0.591. The third-order valence-corrected chi connectivity index (χ3v) is 4.97. The standard InChI is InChI=1S/C16H29NO/c1-15(2,3)18-7-6-16(11-17-14-4-5-14)9-12-8-13(12)10-16/h12-14,17H,4-11H2,1-3H3. The Hall–Kier alpha value is -0.0800. The van der Waals surface area contributed by atoms with E-state index in [0.717, 1.165) is 24.5 Å². The monoisotopic (exact) mass is 251 g/mol.